The lowest BCUT2D eigenvalue weighted by Gasteiger charge is -2.20. The van der Waals surface area contributed by atoms with Gasteiger partial charge < -0.3 is 5.32 Å². The van der Waals surface area contributed by atoms with E-state index >= 15 is 0 Å². The van der Waals surface area contributed by atoms with Crippen molar-refractivity contribution in [2.45, 2.75) is 38.8 Å². The van der Waals surface area contributed by atoms with Gasteiger partial charge in [-0.05, 0) is 37.5 Å². The van der Waals surface area contributed by atoms with E-state index in [1.165, 1.54) is 6.07 Å². The van der Waals surface area contributed by atoms with E-state index in [1.54, 1.807) is 6.92 Å². The van der Waals surface area contributed by atoms with Gasteiger partial charge in [-0.3, -0.25) is 4.79 Å². The third-order valence-corrected chi connectivity index (χ3v) is 3.92. The molecule has 0 saturated heterocycles. The number of anilines is 1. The second kappa shape index (κ2) is 5.40. The Balaban J connectivity index is 2.27. The summed E-state index contributed by atoms with van der Waals surface area (Å²) >= 11 is 0. The van der Waals surface area contributed by atoms with E-state index < -0.39 is 23.1 Å². The molecule has 0 radical (unpaired) electrons. The van der Waals surface area contributed by atoms with Gasteiger partial charge in [-0.1, -0.05) is 18.9 Å². The highest BCUT2D eigenvalue weighted by Gasteiger charge is 2.41. The third kappa shape index (κ3) is 3.02. The van der Waals surface area contributed by atoms with E-state index in [9.17, 15) is 23.2 Å². The lowest BCUT2D eigenvalue weighted by molar-refractivity contribution is -0.137. The predicted molar refractivity (Wildman–Crippen MR) is 71.3 cm³/mol. The quantitative estimate of drug-likeness (QED) is 0.895. The fraction of sp³-hybridized carbons (Fsp3) is 0.467. The molecule has 21 heavy (non-hydrogen) atoms. The number of nitrogens with zero attached hydrogens (tertiary/aromatic N) is 1. The predicted octanol–water partition coefficient (Wildman–Crippen LogP) is 4.04. The van der Waals surface area contributed by atoms with Crippen LogP contribution in [0, 0.1) is 23.7 Å². The second-order valence-electron chi connectivity index (χ2n) is 5.38. The van der Waals surface area contributed by atoms with E-state index in [1.807, 2.05) is 6.07 Å². The topological polar surface area (TPSA) is 52.9 Å². The molecule has 1 aliphatic rings. The molecule has 1 aliphatic carbocycles. The number of amides is 1. The molecule has 0 bridgehead atoms. The van der Waals surface area contributed by atoms with Crippen molar-refractivity contribution in [1.29, 1.82) is 5.26 Å². The molecule has 2 rings (SSSR count). The molecule has 112 valence electrons. The number of halogens is 3. The highest BCUT2D eigenvalue weighted by Crippen LogP contribution is 2.39. The van der Waals surface area contributed by atoms with Crippen molar-refractivity contribution in [2.24, 2.45) is 5.41 Å². The normalized spacial score (nSPS) is 17.3. The van der Waals surface area contributed by atoms with Gasteiger partial charge in [-0.15, -0.1) is 0 Å². The lowest BCUT2D eigenvalue weighted by Crippen LogP contribution is -2.32. The Morgan fingerprint density at radius 3 is 2.48 bits per heavy atom. The first kappa shape index (κ1) is 15.4. The average molecular weight is 296 g/mol. The van der Waals surface area contributed by atoms with Gasteiger partial charge in [-0.25, -0.2) is 0 Å². The monoisotopic (exact) mass is 296 g/mol. The van der Waals surface area contributed by atoms with Crippen molar-refractivity contribution in [3.05, 3.63) is 29.3 Å². The maximum absolute atomic E-state index is 12.7. The summed E-state index contributed by atoms with van der Waals surface area (Å²) < 4.78 is 38.1. The summed E-state index contributed by atoms with van der Waals surface area (Å²) in [7, 11) is 0. The van der Waals surface area contributed by atoms with Crippen LogP contribution in [0.4, 0.5) is 18.9 Å². The molecular formula is C15H15F3N2O. The largest absolute Gasteiger partial charge is 0.416 e. The van der Waals surface area contributed by atoms with Gasteiger partial charge in [0.25, 0.3) is 0 Å². The number of carbonyl (C=O) groups excluding carboxylic acids is 1. The second-order valence-corrected chi connectivity index (χ2v) is 5.38. The summed E-state index contributed by atoms with van der Waals surface area (Å²) in [4.78, 5) is 12.3. The average Bonchev–Trinajstić information content (AvgIpc) is 2.90. The molecule has 1 fully saturated rings. The van der Waals surface area contributed by atoms with Crippen LogP contribution in [0.15, 0.2) is 18.2 Å². The molecule has 0 atom stereocenters. The SMILES string of the molecule is Cc1ccc(C(F)(F)F)cc1NC(=O)C1(C#N)CCCC1. The van der Waals surface area contributed by atoms with Gasteiger partial charge in [-0.2, -0.15) is 18.4 Å². The number of rotatable bonds is 2. The molecule has 0 spiro atoms. The zero-order valence-electron chi connectivity index (χ0n) is 11.5. The minimum Gasteiger partial charge on any atom is -0.324 e. The van der Waals surface area contributed by atoms with E-state index in [4.69, 9.17) is 0 Å². The summed E-state index contributed by atoms with van der Waals surface area (Å²) in [5.74, 6) is -0.509. The first-order chi connectivity index (χ1) is 9.78. The highest BCUT2D eigenvalue weighted by molar-refractivity contribution is 5.98. The van der Waals surface area contributed by atoms with E-state index in [2.05, 4.69) is 5.32 Å². The fourth-order valence-electron chi connectivity index (χ4n) is 2.54. The Bertz CT molecular complexity index is 596. The molecule has 1 aromatic carbocycles. The van der Waals surface area contributed by atoms with Crippen LogP contribution in [0.5, 0.6) is 0 Å². The molecule has 3 nitrogen and oxygen atoms in total. The Morgan fingerprint density at radius 1 is 1.33 bits per heavy atom. The zero-order chi connectivity index (χ0) is 15.7. The van der Waals surface area contributed by atoms with Gasteiger partial charge in [0.2, 0.25) is 5.91 Å². The molecule has 1 amide bonds. The van der Waals surface area contributed by atoms with E-state index in [0.717, 1.165) is 25.0 Å². The minimum absolute atomic E-state index is 0.108. The Hall–Kier alpha value is -2.03. The van der Waals surface area contributed by atoms with Crippen molar-refractivity contribution >= 4 is 11.6 Å². The Kier molecular flexibility index (Phi) is 3.95. The maximum atomic E-state index is 12.7. The minimum atomic E-state index is -4.46. The molecule has 0 aromatic heterocycles. The van der Waals surface area contributed by atoms with Gasteiger partial charge in [0.15, 0.2) is 0 Å². The number of alkyl halides is 3. The first-order valence-corrected chi connectivity index (χ1v) is 6.69. The molecule has 1 aromatic rings. The van der Waals surface area contributed by atoms with Crippen LogP contribution in [-0.4, -0.2) is 5.91 Å². The van der Waals surface area contributed by atoms with Gasteiger partial charge >= 0.3 is 6.18 Å². The number of hydrogen-bond acceptors (Lipinski definition) is 2. The van der Waals surface area contributed by atoms with Crippen LogP contribution in [0.2, 0.25) is 0 Å². The summed E-state index contributed by atoms with van der Waals surface area (Å²) in [6.45, 7) is 1.61. The van der Waals surface area contributed by atoms with Crippen LogP contribution in [0.1, 0.15) is 36.8 Å². The molecule has 0 aliphatic heterocycles. The Labute approximate surface area is 120 Å². The van der Waals surface area contributed by atoms with Crippen LogP contribution < -0.4 is 5.32 Å². The molecule has 0 unspecified atom stereocenters. The lowest BCUT2D eigenvalue weighted by atomic mass is 9.87. The number of benzene rings is 1. The zero-order valence-corrected chi connectivity index (χ0v) is 11.5. The number of hydrogen-bond donors (Lipinski definition) is 1. The molecule has 0 heterocycles. The van der Waals surface area contributed by atoms with Crippen LogP contribution in [-0.2, 0) is 11.0 Å². The standard InChI is InChI=1S/C15H15F3N2O/c1-10-4-5-11(15(16,17)18)8-12(10)20-13(21)14(9-19)6-2-3-7-14/h4-5,8H,2-3,6-7H2,1H3,(H,20,21). The maximum Gasteiger partial charge on any atom is 0.416 e. The van der Waals surface area contributed by atoms with Crippen molar-refractivity contribution in [3.63, 3.8) is 0 Å². The molecule has 1 N–H and O–H groups in total. The molecule has 6 heteroatoms. The first-order valence-electron chi connectivity index (χ1n) is 6.69. The smallest absolute Gasteiger partial charge is 0.324 e. The van der Waals surface area contributed by atoms with Crippen molar-refractivity contribution in [1.82, 2.24) is 0 Å². The van der Waals surface area contributed by atoms with Crippen LogP contribution in [0.3, 0.4) is 0 Å². The number of nitriles is 1. The van der Waals surface area contributed by atoms with Crippen molar-refractivity contribution in [3.8, 4) is 6.07 Å². The van der Waals surface area contributed by atoms with Crippen LogP contribution >= 0.6 is 0 Å². The van der Waals surface area contributed by atoms with E-state index in [-0.39, 0.29) is 5.69 Å². The number of carbonyl (C=O) groups is 1. The molecule has 1 saturated carbocycles. The summed E-state index contributed by atoms with van der Waals surface area (Å²) in [6, 6.07) is 5.22. The number of aryl methyl sites for hydroxylation is 1. The van der Waals surface area contributed by atoms with Crippen molar-refractivity contribution in [2.75, 3.05) is 5.32 Å². The van der Waals surface area contributed by atoms with E-state index in [0.29, 0.717) is 18.4 Å². The van der Waals surface area contributed by atoms with Crippen LogP contribution in [0.25, 0.3) is 0 Å². The van der Waals surface area contributed by atoms with Crippen molar-refractivity contribution < 1.29 is 18.0 Å². The summed E-state index contributed by atoms with van der Waals surface area (Å²) in [6.07, 6.45) is -2.00. The van der Waals surface area contributed by atoms with Gasteiger partial charge in [0, 0.05) is 5.69 Å². The van der Waals surface area contributed by atoms with Gasteiger partial charge in [0.1, 0.15) is 5.41 Å². The Morgan fingerprint density at radius 2 is 1.95 bits per heavy atom. The highest BCUT2D eigenvalue weighted by atomic mass is 19.4. The summed E-state index contributed by atoms with van der Waals surface area (Å²) in [5.41, 5.74) is -1.29. The molecular weight excluding hydrogens is 281 g/mol. The number of nitrogens with one attached hydrogen (secondary N) is 1. The fourth-order valence-corrected chi connectivity index (χ4v) is 2.54. The van der Waals surface area contributed by atoms with Gasteiger partial charge in [0.05, 0.1) is 11.6 Å². The summed E-state index contributed by atoms with van der Waals surface area (Å²) in [5, 5.41) is 11.7. The third-order valence-electron chi connectivity index (χ3n) is 3.92.